The maximum absolute atomic E-state index is 9.87. The number of rotatable bonds is 6. The van der Waals surface area contributed by atoms with Crippen LogP contribution in [0.15, 0.2) is 0 Å². The van der Waals surface area contributed by atoms with Crippen LogP contribution in [0, 0.1) is 11.8 Å². The Kier molecular flexibility index (Phi) is 5.88. The molecule has 0 bridgehead atoms. The predicted molar refractivity (Wildman–Crippen MR) is 84.9 cm³/mol. The van der Waals surface area contributed by atoms with Gasteiger partial charge in [0.15, 0.2) is 0 Å². The summed E-state index contributed by atoms with van der Waals surface area (Å²) in [7, 11) is 0. The summed E-state index contributed by atoms with van der Waals surface area (Å²) < 4.78 is 0. The fourth-order valence-electron chi connectivity index (χ4n) is 4.43. The van der Waals surface area contributed by atoms with Gasteiger partial charge in [0.2, 0.25) is 0 Å². The molecule has 0 aromatic carbocycles. The second-order valence-corrected chi connectivity index (χ2v) is 7.25. The SMILES string of the molecule is CCNC1(CO)CCCC1CCN1CC(C)CCC1C. The lowest BCUT2D eigenvalue weighted by Gasteiger charge is -2.40. The average Bonchev–Trinajstić information content (AvgIpc) is 2.84. The van der Waals surface area contributed by atoms with Crippen molar-refractivity contribution in [3.63, 3.8) is 0 Å². The van der Waals surface area contributed by atoms with E-state index in [4.69, 9.17) is 0 Å². The van der Waals surface area contributed by atoms with Gasteiger partial charge in [-0.05, 0) is 64.0 Å². The minimum Gasteiger partial charge on any atom is -0.394 e. The quantitative estimate of drug-likeness (QED) is 0.786. The number of piperidine rings is 1. The van der Waals surface area contributed by atoms with Crippen LogP contribution in [-0.2, 0) is 0 Å². The van der Waals surface area contributed by atoms with Crippen molar-refractivity contribution in [2.45, 2.75) is 70.9 Å². The number of likely N-dealkylation sites (N-methyl/N-ethyl adjacent to an activating group) is 1. The fourth-order valence-corrected chi connectivity index (χ4v) is 4.43. The standard InChI is InChI=1S/C17H34N2O/c1-4-18-17(13-20)10-5-6-16(17)9-11-19-12-14(2)7-8-15(19)3/h14-16,18,20H,4-13H2,1-3H3. The van der Waals surface area contributed by atoms with E-state index in [9.17, 15) is 5.11 Å². The van der Waals surface area contributed by atoms with Crippen LogP contribution >= 0.6 is 0 Å². The first kappa shape index (κ1) is 16.3. The zero-order valence-electron chi connectivity index (χ0n) is 13.7. The smallest absolute Gasteiger partial charge is 0.0616 e. The van der Waals surface area contributed by atoms with Gasteiger partial charge in [0, 0.05) is 18.1 Å². The highest BCUT2D eigenvalue weighted by molar-refractivity contribution is 4.99. The van der Waals surface area contributed by atoms with Crippen molar-refractivity contribution in [2.75, 3.05) is 26.2 Å². The lowest BCUT2D eigenvalue weighted by molar-refractivity contribution is 0.0871. The molecule has 1 aliphatic carbocycles. The zero-order valence-corrected chi connectivity index (χ0v) is 13.7. The third kappa shape index (κ3) is 3.55. The molecular formula is C17H34N2O. The highest BCUT2D eigenvalue weighted by Gasteiger charge is 2.41. The summed E-state index contributed by atoms with van der Waals surface area (Å²) in [4.78, 5) is 2.68. The van der Waals surface area contributed by atoms with Crippen LogP contribution in [0.1, 0.15) is 59.3 Å². The van der Waals surface area contributed by atoms with Crippen molar-refractivity contribution in [2.24, 2.45) is 11.8 Å². The van der Waals surface area contributed by atoms with Crippen molar-refractivity contribution in [1.82, 2.24) is 10.2 Å². The first-order valence-corrected chi connectivity index (χ1v) is 8.71. The van der Waals surface area contributed by atoms with Crippen LogP contribution < -0.4 is 5.32 Å². The van der Waals surface area contributed by atoms with E-state index in [1.165, 1.54) is 45.2 Å². The first-order valence-electron chi connectivity index (χ1n) is 8.71. The number of nitrogens with one attached hydrogen (secondary N) is 1. The van der Waals surface area contributed by atoms with E-state index in [2.05, 4.69) is 31.0 Å². The molecule has 0 aromatic heterocycles. The largest absolute Gasteiger partial charge is 0.394 e. The third-order valence-corrected chi connectivity index (χ3v) is 5.78. The number of aliphatic hydroxyl groups excluding tert-OH is 1. The van der Waals surface area contributed by atoms with E-state index in [1.54, 1.807) is 0 Å². The Morgan fingerprint density at radius 3 is 2.75 bits per heavy atom. The predicted octanol–water partition coefficient (Wildman–Crippen LogP) is 2.64. The van der Waals surface area contributed by atoms with Gasteiger partial charge in [-0.3, -0.25) is 0 Å². The van der Waals surface area contributed by atoms with Crippen LogP contribution in [0.3, 0.4) is 0 Å². The normalized spacial score (nSPS) is 39.3. The number of hydrogen-bond donors (Lipinski definition) is 2. The molecular weight excluding hydrogens is 248 g/mol. The van der Waals surface area contributed by atoms with Crippen LogP contribution in [-0.4, -0.2) is 47.8 Å². The number of likely N-dealkylation sites (tertiary alicyclic amines) is 1. The summed E-state index contributed by atoms with van der Waals surface area (Å²) in [5, 5.41) is 13.5. The third-order valence-electron chi connectivity index (χ3n) is 5.78. The molecule has 4 atom stereocenters. The summed E-state index contributed by atoms with van der Waals surface area (Å²) in [5.74, 6) is 1.50. The molecule has 2 aliphatic rings. The maximum Gasteiger partial charge on any atom is 0.0616 e. The molecule has 0 spiro atoms. The average molecular weight is 282 g/mol. The van der Waals surface area contributed by atoms with Gasteiger partial charge in [-0.2, -0.15) is 0 Å². The van der Waals surface area contributed by atoms with Crippen molar-refractivity contribution < 1.29 is 5.11 Å². The minimum absolute atomic E-state index is 0.0133. The molecule has 3 nitrogen and oxygen atoms in total. The van der Waals surface area contributed by atoms with E-state index >= 15 is 0 Å². The van der Waals surface area contributed by atoms with Gasteiger partial charge in [0.25, 0.3) is 0 Å². The second kappa shape index (κ2) is 7.24. The summed E-state index contributed by atoms with van der Waals surface area (Å²) in [5.41, 5.74) is 0.0133. The molecule has 118 valence electrons. The molecule has 4 unspecified atom stereocenters. The molecule has 1 heterocycles. The monoisotopic (exact) mass is 282 g/mol. The second-order valence-electron chi connectivity index (χ2n) is 7.25. The van der Waals surface area contributed by atoms with Crippen molar-refractivity contribution in [1.29, 1.82) is 0 Å². The first-order chi connectivity index (χ1) is 9.61. The van der Waals surface area contributed by atoms with Crippen LogP contribution in [0.25, 0.3) is 0 Å². The number of hydrogen-bond acceptors (Lipinski definition) is 3. The van der Waals surface area contributed by atoms with Crippen LogP contribution in [0.5, 0.6) is 0 Å². The maximum atomic E-state index is 9.87. The number of nitrogens with zero attached hydrogens (tertiary/aromatic N) is 1. The highest BCUT2D eigenvalue weighted by Crippen LogP contribution is 2.38. The Hall–Kier alpha value is -0.120. The topological polar surface area (TPSA) is 35.5 Å². The lowest BCUT2D eigenvalue weighted by atomic mass is 9.84. The van der Waals surface area contributed by atoms with Gasteiger partial charge in [-0.25, -0.2) is 0 Å². The molecule has 0 radical (unpaired) electrons. The minimum atomic E-state index is 0.0133. The summed E-state index contributed by atoms with van der Waals surface area (Å²) >= 11 is 0. The van der Waals surface area contributed by atoms with E-state index in [-0.39, 0.29) is 5.54 Å². The Morgan fingerprint density at radius 2 is 2.05 bits per heavy atom. The van der Waals surface area contributed by atoms with Crippen LogP contribution in [0.2, 0.25) is 0 Å². The Labute approximate surface area is 125 Å². The summed E-state index contributed by atoms with van der Waals surface area (Å²) in [6.45, 7) is 10.7. The molecule has 2 rings (SSSR count). The molecule has 0 aromatic rings. The lowest BCUT2D eigenvalue weighted by Crippen LogP contribution is -2.52. The molecule has 3 heteroatoms. The van der Waals surface area contributed by atoms with Crippen molar-refractivity contribution in [3.8, 4) is 0 Å². The van der Waals surface area contributed by atoms with Gasteiger partial charge in [-0.1, -0.05) is 20.3 Å². The van der Waals surface area contributed by atoms with E-state index < -0.39 is 0 Å². The van der Waals surface area contributed by atoms with Crippen molar-refractivity contribution in [3.05, 3.63) is 0 Å². The van der Waals surface area contributed by atoms with Gasteiger partial charge < -0.3 is 15.3 Å². The van der Waals surface area contributed by atoms with E-state index in [0.29, 0.717) is 12.5 Å². The summed E-state index contributed by atoms with van der Waals surface area (Å²) in [6.07, 6.45) is 7.68. The van der Waals surface area contributed by atoms with Gasteiger partial charge in [0.05, 0.1) is 6.61 Å². The summed E-state index contributed by atoms with van der Waals surface area (Å²) in [6, 6.07) is 0.746. The van der Waals surface area contributed by atoms with Gasteiger partial charge in [0.1, 0.15) is 0 Å². The molecule has 2 N–H and O–H groups in total. The Balaban J connectivity index is 1.88. The molecule has 1 saturated heterocycles. The molecule has 0 amide bonds. The number of aliphatic hydroxyl groups is 1. The molecule has 2 fully saturated rings. The Morgan fingerprint density at radius 1 is 1.25 bits per heavy atom. The Bertz CT molecular complexity index is 297. The van der Waals surface area contributed by atoms with E-state index in [1.807, 2.05) is 0 Å². The van der Waals surface area contributed by atoms with Gasteiger partial charge >= 0.3 is 0 Å². The van der Waals surface area contributed by atoms with Gasteiger partial charge in [-0.15, -0.1) is 0 Å². The van der Waals surface area contributed by atoms with Crippen molar-refractivity contribution >= 4 is 0 Å². The zero-order chi connectivity index (χ0) is 14.6. The van der Waals surface area contributed by atoms with Crippen LogP contribution in [0.4, 0.5) is 0 Å². The molecule has 1 saturated carbocycles. The highest BCUT2D eigenvalue weighted by atomic mass is 16.3. The fraction of sp³-hybridized carbons (Fsp3) is 1.00. The van der Waals surface area contributed by atoms with E-state index in [0.717, 1.165) is 24.9 Å². The molecule has 1 aliphatic heterocycles. The molecule has 20 heavy (non-hydrogen) atoms.